The van der Waals surface area contributed by atoms with Crippen LogP contribution in [0.5, 0.6) is 5.75 Å². The van der Waals surface area contributed by atoms with E-state index in [1.807, 2.05) is 30.3 Å². The molecule has 0 amide bonds. The van der Waals surface area contributed by atoms with E-state index in [0.29, 0.717) is 23.6 Å². The topological polar surface area (TPSA) is 97.6 Å². The van der Waals surface area contributed by atoms with E-state index in [-0.39, 0.29) is 6.10 Å². The summed E-state index contributed by atoms with van der Waals surface area (Å²) in [4.78, 5) is 0. The molecule has 2 aliphatic heterocycles. The first-order valence-corrected chi connectivity index (χ1v) is 10.7. The lowest BCUT2D eigenvalue weighted by Gasteiger charge is -2.40. The highest BCUT2D eigenvalue weighted by Crippen LogP contribution is 2.34. The maximum absolute atomic E-state index is 10.4. The minimum atomic E-state index is -1.39. The van der Waals surface area contributed by atoms with E-state index in [1.165, 1.54) is 7.11 Å². The second-order valence-corrected chi connectivity index (χ2v) is 8.31. The van der Waals surface area contributed by atoms with Gasteiger partial charge in [-0.1, -0.05) is 35.9 Å². The Morgan fingerprint density at radius 1 is 1.03 bits per heavy atom. The van der Waals surface area contributed by atoms with Gasteiger partial charge in [0.05, 0.1) is 13.2 Å². The van der Waals surface area contributed by atoms with Gasteiger partial charge in [0.1, 0.15) is 36.3 Å². The largest absolute Gasteiger partial charge is 0.488 e. The van der Waals surface area contributed by atoms with Crippen molar-refractivity contribution in [1.82, 2.24) is 0 Å². The van der Waals surface area contributed by atoms with Crippen LogP contribution in [0.4, 0.5) is 0 Å². The molecule has 2 unspecified atom stereocenters. The van der Waals surface area contributed by atoms with Crippen LogP contribution < -0.4 is 4.74 Å². The molecule has 0 spiro atoms. The van der Waals surface area contributed by atoms with Crippen molar-refractivity contribution in [2.45, 2.75) is 49.7 Å². The molecule has 2 fully saturated rings. The van der Waals surface area contributed by atoms with Crippen LogP contribution in [-0.2, 0) is 20.6 Å². The third kappa shape index (κ3) is 5.04. The summed E-state index contributed by atoms with van der Waals surface area (Å²) in [6.45, 7) is 1.35. The molecule has 2 aromatic carbocycles. The average Bonchev–Trinajstić information content (AvgIpc) is 3.28. The number of methoxy groups -OCH3 is 1. The smallest absolute Gasteiger partial charge is 0.186 e. The zero-order valence-electron chi connectivity index (χ0n) is 17.2. The number of aliphatic hydroxyl groups excluding tert-OH is 3. The van der Waals surface area contributed by atoms with Crippen LogP contribution in [0.3, 0.4) is 0 Å². The molecule has 8 heteroatoms. The minimum Gasteiger partial charge on any atom is -0.488 e. The van der Waals surface area contributed by atoms with E-state index in [2.05, 4.69) is 0 Å². The molecule has 0 aromatic heterocycles. The van der Waals surface area contributed by atoms with Gasteiger partial charge in [-0.25, -0.2) is 0 Å². The molecule has 2 aromatic rings. The van der Waals surface area contributed by atoms with Crippen LogP contribution in [0.2, 0.25) is 5.02 Å². The Hall–Kier alpha value is -1.71. The number of ether oxygens (including phenoxy) is 4. The summed E-state index contributed by atoms with van der Waals surface area (Å²) < 4.78 is 22.0. The van der Waals surface area contributed by atoms with Gasteiger partial charge in [0, 0.05) is 18.6 Å². The van der Waals surface area contributed by atoms with Crippen molar-refractivity contribution < 1.29 is 34.3 Å². The van der Waals surface area contributed by atoms with E-state index in [0.717, 1.165) is 29.9 Å². The van der Waals surface area contributed by atoms with Crippen LogP contribution in [0.25, 0.3) is 0 Å². The number of rotatable bonds is 6. The number of hydrogen-bond acceptors (Lipinski definition) is 7. The van der Waals surface area contributed by atoms with E-state index in [1.54, 1.807) is 12.1 Å². The highest BCUT2D eigenvalue weighted by molar-refractivity contribution is 6.31. The van der Waals surface area contributed by atoms with Crippen molar-refractivity contribution in [2.75, 3.05) is 20.3 Å². The summed E-state index contributed by atoms with van der Waals surface area (Å²) in [5.41, 5.74) is 2.54. The van der Waals surface area contributed by atoms with Crippen molar-refractivity contribution in [3.05, 3.63) is 64.2 Å². The predicted molar refractivity (Wildman–Crippen MR) is 113 cm³/mol. The van der Waals surface area contributed by atoms with Crippen molar-refractivity contribution in [2.24, 2.45) is 0 Å². The number of hydrogen-bond donors (Lipinski definition) is 3. The third-order valence-corrected chi connectivity index (χ3v) is 6.08. The van der Waals surface area contributed by atoms with Crippen molar-refractivity contribution in [1.29, 1.82) is 0 Å². The molecular weight excluding hydrogens is 424 g/mol. The van der Waals surface area contributed by atoms with E-state index in [9.17, 15) is 15.3 Å². The number of benzene rings is 2. The second kappa shape index (κ2) is 9.83. The summed E-state index contributed by atoms with van der Waals surface area (Å²) in [6, 6.07) is 13.1. The normalized spacial score (nSPS) is 31.0. The molecule has 31 heavy (non-hydrogen) atoms. The van der Waals surface area contributed by atoms with Gasteiger partial charge in [-0.05, 0) is 41.3 Å². The zero-order valence-corrected chi connectivity index (χ0v) is 17.9. The van der Waals surface area contributed by atoms with Crippen LogP contribution in [0.15, 0.2) is 42.5 Å². The molecule has 0 radical (unpaired) electrons. The van der Waals surface area contributed by atoms with E-state index in [4.69, 9.17) is 30.5 Å². The Morgan fingerprint density at radius 3 is 2.48 bits per heavy atom. The third-order valence-electron chi connectivity index (χ3n) is 5.71. The molecule has 168 valence electrons. The highest BCUT2D eigenvalue weighted by Gasteiger charge is 2.44. The van der Waals surface area contributed by atoms with Gasteiger partial charge in [0.15, 0.2) is 6.29 Å². The van der Waals surface area contributed by atoms with Gasteiger partial charge in [-0.2, -0.15) is 0 Å². The van der Waals surface area contributed by atoms with Gasteiger partial charge < -0.3 is 34.3 Å². The molecule has 0 saturated carbocycles. The highest BCUT2D eigenvalue weighted by atomic mass is 35.5. The Balaban J connectivity index is 1.49. The number of aliphatic hydroxyl groups is 3. The lowest BCUT2D eigenvalue weighted by Crippen LogP contribution is -2.54. The van der Waals surface area contributed by atoms with Gasteiger partial charge >= 0.3 is 0 Å². The average molecular weight is 451 g/mol. The Bertz CT molecular complexity index is 867. The fraction of sp³-hybridized carbons (Fsp3) is 0.478. The van der Waals surface area contributed by atoms with Crippen LogP contribution in [0, 0.1) is 0 Å². The van der Waals surface area contributed by atoms with E-state index >= 15 is 0 Å². The molecule has 3 N–H and O–H groups in total. The first-order valence-electron chi connectivity index (χ1n) is 10.3. The molecule has 0 aliphatic carbocycles. The van der Waals surface area contributed by atoms with Crippen LogP contribution in [-0.4, -0.2) is 66.3 Å². The Kier molecular flexibility index (Phi) is 7.13. The Morgan fingerprint density at radius 2 is 1.81 bits per heavy atom. The van der Waals surface area contributed by atoms with Gasteiger partial charge in [0.25, 0.3) is 0 Å². The molecule has 4 rings (SSSR count). The van der Waals surface area contributed by atoms with E-state index < -0.39 is 30.7 Å². The summed E-state index contributed by atoms with van der Waals surface area (Å²) in [6.07, 6.45) is -4.35. The molecule has 2 aliphatic rings. The van der Waals surface area contributed by atoms with Crippen LogP contribution >= 0.6 is 11.6 Å². The van der Waals surface area contributed by atoms with Crippen molar-refractivity contribution in [3.63, 3.8) is 0 Å². The maximum Gasteiger partial charge on any atom is 0.186 e. The van der Waals surface area contributed by atoms with Crippen LogP contribution in [0.1, 0.15) is 29.2 Å². The monoisotopic (exact) mass is 450 g/mol. The fourth-order valence-corrected chi connectivity index (χ4v) is 4.11. The molecule has 6 atom stereocenters. The lowest BCUT2D eigenvalue weighted by atomic mass is 9.92. The summed E-state index contributed by atoms with van der Waals surface area (Å²) in [7, 11) is 1.37. The first-order chi connectivity index (χ1) is 15.0. The van der Waals surface area contributed by atoms with Gasteiger partial charge in [-0.3, -0.25) is 0 Å². The summed E-state index contributed by atoms with van der Waals surface area (Å²) in [5.74, 6) is 0.802. The number of halogens is 1. The quantitative estimate of drug-likeness (QED) is 0.620. The molecule has 0 bridgehead atoms. The fourth-order valence-electron chi connectivity index (χ4n) is 3.93. The first kappa shape index (κ1) is 22.5. The summed E-state index contributed by atoms with van der Waals surface area (Å²) >= 11 is 6.42. The molecule has 2 heterocycles. The van der Waals surface area contributed by atoms with Gasteiger partial charge in [0.2, 0.25) is 0 Å². The van der Waals surface area contributed by atoms with Crippen molar-refractivity contribution in [3.8, 4) is 5.75 Å². The molecule has 7 nitrogen and oxygen atoms in total. The van der Waals surface area contributed by atoms with Crippen molar-refractivity contribution >= 4 is 11.6 Å². The summed E-state index contributed by atoms with van der Waals surface area (Å²) in [5, 5.41) is 31.2. The second-order valence-electron chi connectivity index (χ2n) is 7.91. The standard InChI is InChI=1S/C23H27ClO7/c1-28-23-21(27)19(25)20(26)22(31-23)14-4-7-18(24)15(11-14)10-13-2-5-16(6-3-13)30-17-8-9-29-12-17/h2-7,11,17,19-23,25-27H,8-10,12H2,1H3/t17?,19-,20-,21+,22+,23?/m1/s1. The van der Waals surface area contributed by atoms with Gasteiger partial charge in [-0.15, -0.1) is 0 Å². The zero-order chi connectivity index (χ0) is 22.0. The SMILES string of the molecule is COC1O[C@@H](c2ccc(Cl)c(Cc3ccc(OC4CCOC4)cc3)c2)[C@H](O)[C@@H](O)[C@@H]1O. The minimum absolute atomic E-state index is 0.101. The Labute approximate surface area is 186 Å². The maximum atomic E-state index is 10.4. The lowest BCUT2D eigenvalue weighted by molar-refractivity contribution is -0.292. The molecule has 2 saturated heterocycles. The predicted octanol–water partition coefficient (Wildman–Crippen LogP) is 2.23. The molecular formula is C23H27ClO7.